The first kappa shape index (κ1) is 16.2. The van der Waals surface area contributed by atoms with Gasteiger partial charge in [0.25, 0.3) is 10.2 Å². The van der Waals surface area contributed by atoms with E-state index >= 15 is 0 Å². The fourth-order valence-electron chi connectivity index (χ4n) is 3.34. The summed E-state index contributed by atoms with van der Waals surface area (Å²) >= 11 is 0. The summed E-state index contributed by atoms with van der Waals surface area (Å²) in [5, 5.41) is 2.99. The molecule has 1 amide bonds. The van der Waals surface area contributed by atoms with E-state index in [1.807, 2.05) is 0 Å². The number of nitrogens with zero attached hydrogens (tertiary/aromatic N) is 2. The monoisotopic (exact) mass is 329 g/mol. The predicted octanol–water partition coefficient (Wildman–Crippen LogP) is 0.955. The molecule has 0 aromatic carbocycles. The van der Waals surface area contributed by atoms with Crippen molar-refractivity contribution < 1.29 is 13.2 Å². The van der Waals surface area contributed by atoms with Crippen molar-refractivity contribution in [3.05, 3.63) is 0 Å². The van der Waals surface area contributed by atoms with E-state index in [-0.39, 0.29) is 11.8 Å². The molecular weight excluding hydrogens is 302 g/mol. The van der Waals surface area contributed by atoms with Gasteiger partial charge in [-0.05, 0) is 44.4 Å². The van der Waals surface area contributed by atoms with Gasteiger partial charge in [-0.15, -0.1) is 0 Å². The minimum absolute atomic E-state index is 0.0328. The molecule has 1 aliphatic carbocycles. The Kier molecular flexibility index (Phi) is 5.04. The molecule has 1 saturated carbocycles. The topological polar surface area (TPSA) is 69.7 Å². The third kappa shape index (κ3) is 3.81. The number of piperidine rings is 2. The Morgan fingerprint density at radius 2 is 1.64 bits per heavy atom. The van der Waals surface area contributed by atoms with Crippen molar-refractivity contribution in [3.63, 3.8) is 0 Å². The van der Waals surface area contributed by atoms with Gasteiger partial charge in [-0.1, -0.05) is 6.42 Å². The Labute approximate surface area is 133 Å². The maximum absolute atomic E-state index is 12.7. The van der Waals surface area contributed by atoms with E-state index in [1.165, 1.54) is 17.1 Å². The maximum Gasteiger partial charge on any atom is 0.281 e. The molecular formula is C15H27N3O3S. The van der Waals surface area contributed by atoms with Crippen LogP contribution in [0.3, 0.4) is 0 Å². The van der Waals surface area contributed by atoms with Crippen LogP contribution in [0, 0.1) is 11.8 Å². The van der Waals surface area contributed by atoms with E-state index in [0.717, 1.165) is 38.6 Å². The molecule has 0 bridgehead atoms. The summed E-state index contributed by atoms with van der Waals surface area (Å²) in [6.45, 7) is 2.89. The Morgan fingerprint density at radius 3 is 2.32 bits per heavy atom. The van der Waals surface area contributed by atoms with Crippen molar-refractivity contribution in [2.24, 2.45) is 11.8 Å². The molecule has 0 aromatic rings. The Bertz CT molecular complexity index is 498. The average molecular weight is 329 g/mol. The van der Waals surface area contributed by atoms with Gasteiger partial charge in [-0.25, -0.2) is 0 Å². The summed E-state index contributed by atoms with van der Waals surface area (Å²) in [5.41, 5.74) is 0. The third-order valence-corrected chi connectivity index (χ3v) is 6.99. The molecule has 1 unspecified atom stereocenters. The zero-order chi connectivity index (χ0) is 15.6. The van der Waals surface area contributed by atoms with Crippen LogP contribution in [-0.2, 0) is 15.0 Å². The van der Waals surface area contributed by atoms with Crippen molar-refractivity contribution in [2.75, 3.05) is 32.7 Å². The maximum atomic E-state index is 12.7. The molecule has 2 aliphatic heterocycles. The van der Waals surface area contributed by atoms with Crippen molar-refractivity contribution in [1.29, 1.82) is 0 Å². The highest BCUT2D eigenvalue weighted by Gasteiger charge is 2.36. The van der Waals surface area contributed by atoms with Gasteiger partial charge < -0.3 is 5.32 Å². The van der Waals surface area contributed by atoms with E-state index < -0.39 is 10.2 Å². The summed E-state index contributed by atoms with van der Waals surface area (Å²) in [7, 11) is -3.38. The van der Waals surface area contributed by atoms with Crippen LogP contribution in [0.1, 0.15) is 44.9 Å². The second-order valence-corrected chi connectivity index (χ2v) is 8.78. The summed E-state index contributed by atoms with van der Waals surface area (Å²) in [5.74, 6) is 0.498. The first-order valence-corrected chi connectivity index (χ1v) is 10.00. The van der Waals surface area contributed by atoms with Gasteiger partial charge in [-0.3, -0.25) is 4.79 Å². The van der Waals surface area contributed by atoms with E-state index in [1.54, 1.807) is 4.31 Å². The SMILES string of the molecule is O=C(NCC1CC1)C1CCCN(S(=O)(=O)N2CCCCC2)C1. The van der Waals surface area contributed by atoms with Crippen LogP contribution in [-0.4, -0.2) is 55.7 Å². The van der Waals surface area contributed by atoms with Crippen molar-refractivity contribution in [1.82, 2.24) is 13.9 Å². The molecule has 0 aromatic heterocycles. The predicted molar refractivity (Wildman–Crippen MR) is 84.4 cm³/mol. The smallest absolute Gasteiger partial charge is 0.281 e. The highest BCUT2D eigenvalue weighted by Crippen LogP contribution is 2.28. The van der Waals surface area contributed by atoms with E-state index in [4.69, 9.17) is 0 Å². The van der Waals surface area contributed by atoms with Crippen molar-refractivity contribution >= 4 is 16.1 Å². The lowest BCUT2D eigenvalue weighted by Crippen LogP contribution is -2.51. The number of amides is 1. The number of hydrogen-bond acceptors (Lipinski definition) is 3. The van der Waals surface area contributed by atoms with Crippen LogP contribution in [0.4, 0.5) is 0 Å². The van der Waals surface area contributed by atoms with Gasteiger partial charge in [-0.2, -0.15) is 17.0 Å². The number of rotatable bonds is 5. The van der Waals surface area contributed by atoms with Gasteiger partial charge in [0.2, 0.25) is 5.91 Å². The van der Waals surface area contributed by atoms with Gasteiger partial charge in [0, 0.05) is 32.7 Å². The molecule has 6 nitrogen and oxygen atoms in total. The molecule has 1 N–H and O–H groups in total. The highest BCUT2D eigenvalue weighted by molar-refractivity contribution is 7.86. The number of nitrogens with one attached hydrogen (secondary N) is 1. The fourth-order valence-corrected chi connectivity index (χ4v) is 5.11. The summed E-state index contributed by atoms with van der Waals surface area (Å²) in [6, 6.07) is 0. The molecule has 2 heterocycles. The third-order valence-electron chi connectivity index (χ3n) is 4.98. The average Bonchev–Trinajstić information content (AvgIpc) is 3.38. The lowest BCUT2D eigenvalue weighted by molar-refractivity contribution is -0.126. The molecule has 3 aliphatic rings. The van der Waals surface area contributed by atoms with Crippen LogP contribution in [0.15, 0.2) is 0 Å². The molecule has 7 heteroatoms. The van der Waals surface area contributed by atoms with Crippen LogP contribution in [0.2, 0.25) is 0 Å². The van der Waals surface area contributed by atoms with Gasteiger partial charge >= 0.3 is 0 Å². The Balaban J connectivity index is 1.57. The zero-order valence-corrected chi connectivity index (χ0v) is 14.0. The first-order chi connectivity index (χ1) is 10.6. The number of carbonyl (C=O) groups is 1. The second kappa shape index (κ2) is 6.84. The molecule has 0 radical (unpaired) electrons. The van der Waals surface area contributed by atoms with Crippen molar-refractivity contribution in [2.45, 2.75) is 44.9 Å². The second-order valence-electron chi connectivity index (χ2n) is 6.85. The molecule has 22 heavy (non-hydrogen) atoms. The quantitative estimate of drug-likeness (QED) is 0.816. The highest BCUT2D eigenvalue weighted by atomic mass is 32.2. The lowest BCUT2D eigenvalue weighted by Gasteiger charge is -2.36. The van der Waals surface area contributed by atoms with Gasteiger partial charge in [0.15, 0.2) is 0 Å². The fraction of sp³-hybridized carbons (Fsp3) is 0.933. The zero-order valence-electron chi connectivity index (χ0n) is 13.2. The summed E-state index contributed by atoms with van der Waals surface area (Å²) in [6.07, 6.45) is 6.98. The van der Waals surface area contributed by atoms with Gasteiger partial charge in [0.1, 0.15) is 0 Å². The normalized spacial score (nSPS) is 28.5. The largest absolute Gasteiger partial charge is 0.356 e. The van der Waals surface area contributed by atoms with Crippen LogP contribution < -0.4 is 5.32 Å². The number of hydrogen-bond donors (Lipinski definition) is 1. The van der Waals surface area contributed by atoms with Crippen LogP contribution in [0.25, 0.3) is 0 Å². The molecule has 3 rings (SSSR count). The standard InChI is InChI=1S/C15H27N3O3S/c19-15(16-11-13-6-7-13)14-5-4-10-18(12-14)22(20,21)17-8-2-1-3-9-17/h13-14H,1-12H2,(H,16,19). The Morgan fingerprint density at radius 1 is 0.955 bits per heavy atom. The molecule has 0 spiro atoms. The van der Waals surface area contributed by atoms with Crippen LogP contribution in [0.5, 0.6) is 0 Å². The molecule has 2 saturated heterocycles. The lowest BCUT2D eigenvalue weighted by atomic mass is 9.99. The van der Waals surface area contributed by atoms with Gasteiger partial charge in [0.05, 0.1) is 5.92 Å². The van der Waals surface area contributed by atoms with Crippen LogP contribution >= 0.6 is 0 Å². The van der Waals surface area contributed by atoms with Crippen molar-refractivity contribution in [3.8, 4) is 0 Å². The van der Waals surface area contributed by atoms with E-state index in [2.05, 4.69) is 5.32 Å². The minimum Gasteiger partial charge on any atom is -0.356 e. The summed E-state index contributed by atoms with van der Waals surface area (Å²) < 4.78 is 28.5. The van der Waals surface area contributed by atoms with E-state index in [9.17, 15) is 13.2 Å². The molecule has 126 valence electrons. The first-order valence-electron chi connectivity index (χ1n) is 8.60. The molecule has 1 atom stereocenters. The summed E-state index contributed by atoms with van der Waals surface area (Å²) in [4.78, 5) is 12.2. The number of carbonyl (C=O) groups excluding carboxylic acids is 1. The minimum atomic E-state index is -3.38. The Hall–Kier alpha value is -0.660. The molecule has 3 fully saturated rings. The van der Waals surface area contributed by atoms with E-state index in [0.29, 0.717) is 32.1 Å².